The first-order chi connectivity index (χ1) is 13.1. The molecule has 1 fully saturated rings. The first-order valence-corrected chi connectivity index (χ1v) is 9.79. The van der Waals surface area contributed by atoms with Gasteiger partial charge in [-0.25, -0.2) is 4.99 Å². The summed E-state index contributed by atoms with van der Waals surface area (Å²) in [6.45, 7) is 6.63. The van der Waals surface area contributed by atoms with Gasteiger partial charge >= 0.3 is 0 Å². The number of hydrogen-bond donors (Lipinski definition) is 1. The fraction of sp³-hybridized carbons (Fsp3) is 0.600. The number of nitrogens with one attached hydrogen (secondary N) is 1. The van der Waals surface area contributed by atoms with Crippen molar-refractivity contribution >= 4 is 17.6 Å². The van der Waals surface area contributed by atoms with Crippen molar-refractivity contribution in [3.63, 3.8) is 0 Å². The van der Waals surface area contributed by atoms with Gasteiger partial charge in [0.15, 0.2) is 5.96 Å². The van der Waals surface area contributed by atoms with E-state index in [0.29, 0.717) is 0 Å². The van der Waals surface area contributed by atoms with Crippen LogP contribution in [0.25, 0.3) is 0 Å². The van der Waals surface area contributed by atoms with Gasteiger partial charge in [0.1, 0.15) is 6.54 Å². The molecule has 1 amide bonds. The highest BCUT2D eigenvalue weighted by atomic mass is 16.5. The molecule has 2 aliphatic rings. The molecule has 1 aromatic rings. The highest BCUT2D eigenvalue weighted by molar-refractivity contribution is 5.99. The van der Waals surface area contributed by atoms with Gasteiger partial charge in [-0.3, -0.25) is 9.69 Å². The van der Waals surface area contributed by atoms with E-state index in [1.807, 2.05) is 0 Å². The second-order valence-electron chi connectivity index (χ2n) is 7.19. The van der Waals surface area contributed by atoms with Crippen molar-refractivity contribution in [1.82, 2.24) is 15.1 Å². The quantitative estimate of drug-likeness (QED) is 0.454. The van der Waals surface area contributed by atoms with Crippen molar-refractivity contribution in [3.8, 4) is 0 Å². The largest absolute Gasteiger partial charge is 0.379 e. The Kier molecular flexibility index (Phi) is 7.06. The number of hydrogen-bond acceptors (Lipinski definition) is 4. The Hall–Kier alpha value is -2.12. The summed E-state index contributed by atoms with van der Waals surface area (Å²) in [4.78, 5) is 22.8. The van der Waals surface area contributed by atoms with E-state index in [1.165, 1.54) is 11.3 Å². The molecule has 2 heterocycles. The molecule has 0 atom stereocenters. The number of carbonyl (C=O) groups excluding carboxylic acids is 1. The number of nitrogens with zero attached hydrogens (tertiary/aromatic N) is 4. The van der Waals surface area contributed by atoms with E-state index >= 15 is 0 Å². The summed E-state index contributed by atoms with van der Waals surface area (Å²) in [5.41, 5.74) is 2.52. The average molecular weight is 374 g/mol. The van der Waals surface area contributed by atoms with Gasteiger partial charge < -0.3 is 19.9 Å². The van der Waals surface area contributed by atoms with Gasteiger partial charge in [-0.1, -0.05) is 18.2 Å². The maximum Gasteiger partial charge on any atom is 0.243 e. The lowest BCUT2D eigenvalue weighted by atomic mass is 10.2. The summed E-state index contributed by atoms with van der Waals surface area (Å²) in [6, 6.07) is 8.42. The number of fused-ring (bicyclic) bond motifs is 1. The van der Waals surface area contributed by atoms with Gasteiger partial charge in [0.05, 0.1) is 13.2 Å². The molecule has 1 saturated heterocycles. The first kappa shape index (κ1) is 19.6. The summed E-state index contributed by atoms with van der Waals surface area (Å²) in [7, 11) is 3.52. The van der Waals surface area contributed by atoms with Gasteiger partial charge in [-0.15, -0.1) is 0 Å². The smallest absolute Gasteiger partial charge is 0.243 e. The number of benzene rings is 1. The van der Waals surface area contributed by atoms with Crippen molar-refractivity contribution in [1.29, 1.82) is 0 Å². The minimum absolute atomic E-state index is 0.00935. The number of likely N-dealkylation sites (N-methyl/N-ethyl adjacent to an activating group) is 1. The summed E-state index contributed by atoms with van der Waals surface area (Å²) in [5, 5.41) is 3.48. The van der Waals surface area contributed by atoms with E-state index in [0.717, 1.165) is 64.7 Å². The van der Waals surface area contributed by atoms with Crippen LogP contribution in [-0.4, -0.2) is 88.2 Å². The predicted octanol–water partition coefficient (Wildman–Crippen LogP) is 0.805. The summed E-state index contributed by atoms with van der Waals surface area (Å²) < 4.78 is 5.40. The van der Waals surface area contributed by atoms with Crippen LogP contribution >= 0.6 is 0 Å². The Morgan fingerprint density at radius 1 is 1.22 bits per heavy atom. The summed E-state index contributed by atoms with van der Waals surface area (Å²) >= 11 is 0. The molecule has 148 valence electrons. The fourth-order valence-electron chi connectivity index (χ4n) is 3.41. The van der Waals surface area contributed by atoms with Crippen molar-refractivity contribution < 1.29 is 9.53 Å². The maximum atomic E-state index is 12.0. The zero-order chi connectivity index (χ0) is 19.1. The number of para-hydroxylation sites is 1. The van der Waals surface area contributed by atoms with Crippen LogP contribution in [0, 0.1) is 0 Å². The third-order valence-electron chi connectivity index (χ3n) is 5.04. The Labute approximate surface area is 162 Å². The number of ether oxygens (including phenoxy) is 1. The highest BCUT2D eigenvalue weighted by Gasteiger charge is 2.23. The zero-order valence-electron chi connectivity index (χ0n) is 16.5. The minimum atomic E-state index is 0.00935. The second-order valence-corrected chi connectivity index (χ2v) is 7.19. The number of anilines is 1. The minimum Gasteiger partial charge on any atom is -0.379 e. The lowest BCUT2D eigenvalue weighted by Crippen LogP contribution is -2.43. The number of carbonyl (C=O) groups is 1. The Morgan fingerprint density at radius 3 is 2.78 bits per heavy atom. The van der Waals surface area contributed by atoms with Crippen LogP contribution < -0.4 is 10.2 Å². The fourth-order valence-corrected chi connectivity index (χ4v) is 3.41. The molecule has 0 radical (unpaired) electrons. The third kappa shape index (κ3) is 5.43. The molecule has 0 aromatic heterocycles. The maximum absolute atomic E-state index is 12.0. The van der Waals surface area contributed by atoms with Gasteiger partial charge in [0.2, 0.25) is 5.91 Å². The van der Waals surface area contributed by atoms with E-state index in [9.17, 15) is 4.79 Å². The van der Waals surface area contributed by atoms with E-state index in [2.05, 4.69) is 44.4 Å². The second kappa shape index (κ2) is 9.71. The van der Waals surface area contributed by atoms with Crippen LogP contribution in [0.2, 0.25) is 0 Å². The molecule has 7 nitrogen and oxygen atoms in total. The number of amides is 1. The van der Waals surface area contributed by atoms with Crippen LogP contribution in [0.1, 0.15) is 12.0 Å². The van der Waals surface area contributed by atoms with Gasteiger partial charge in [-0.05, 0) is 31.0 Å². The summed E-state index contributed by atoms with van der Waals surface area (Å²) in [5.74, 6) is 0.812. The Bertz CT molecular complexity index is 656. The van der Waals surface area contributed by atoms with Crippen LogP contribution in [-0.2, 0) is 16.0 Å². The molecule has 0 aliphatic carbocycles. The third-order valence-corrected chi connectivity index (χ3v) is 5.04. The van der Waals surface area contributed by atoms with Gasteiger partial charge in [0.25, 0.3) is 0 Å². The predicted molar refractivity (Wildman–Crippen MR) is 108 cm³/mol. The molecule has 0 saturated carbocycles. The van der Waals surface area contributed by atoms with Crippen molar-refractivity contribution in [2.75, 3.05) is 71.5 Å². The summed E-state index contributed by atoms with van der Waals surface area (Å²) in [6.07, 6.45) is 2.04. The molecule has 2 aliphatic heterocycles. The molecular formula is C20H31N5O2. The van der Waals surface area contributed by atoms with Crippen molar-refractivity contribution in [2.24, 2.45) is 4.99 Å². The van der Waals surface area contributed by atoms with Crippen LogP contribution in [0.3, 0.4) is 0 Å². The van der Waals surface area contributed by atoms with Crippen LogP contribution in [0.4, 0.5) is 5.69 Å². The van der Waals surface area contributed by atoms with Crippen LogP contribution in [0.15, 0.2) is 29.3 Å². The Balaban J connectivity index is 1.60. The van der Waals surface area contributed by atoms with Crippen molar-refractivity contribution in [2.45, 2.75) is 12.8 Å². The van der Waals surface area contributed by atoms with E-state index in [-0.39, 0.29) is 12.5 Å². The van der Waals surface area contributed by atoms with E-state index in [1.54, 1.807) is 19.0 Å². The number of rotatable bonds is 6. The molecule has 1 aromatic carbocycles. The van der Waals surface area contributed by atoms with E-state index in [4.69, 9.17) is 4.74 Å². The van der Waals surface area contributed by atoms with E-state index < -0.39 is 0 Å². The molecule has 3 rings (SSSR count). The molecule has 0 unspecified atom stereocenters. The number of guanidine groups is 1. The topological polar surface area (TPSA) is 60.4 Å². The SMILES string of the molecule is CN(C)C(=O)CN=C(NCCCN1CCOCC1)N1CCc2ccccc21. The van der Waals surface area contributed by atoms with Gasteiger partial charge in [0, 0.05) is 46.0 Å². The van der Waals surface area contributed by atoms with Crippen LogP contribution in [0.5, 0.6) is 0 Å². The zero-order valence-corrected chi connectivity index (χ0v) is 16.5. The number of aliphatic imine (C=N–C) groups is 1. The molecule has 0 bridgehead atoms. The molecule has 0 spiro atoms. The average Bonchev–Trinajstić information content (AvgIpc) is 3.12. The number of morpholine rings is 1. The highest BCUT2D eigenvalue weighted by Crippen LogP contribution is 2.27. The van der Waals surface area contributed by atoms with Gasteiger partial charge in [-0.2, -0.15) is 0 Å². The molecule has 7 heteroatoms. The van der Waals surface area contributed by atoms with Crippen molar-refractivity contribution in [3.05, 3.63) is 29.8 Å². The standard InChI is InChI=1S/C20H31N5O2/c1-23(2)19(26)16-22-20(21-9-5-10-24-12-14-27-15-13-24)25-11-8-17-6-3-4-7-18(17)25/h3-4,6-7H,5,8-16H2,1-2H3,(H,21,22). The lowest BCUT2D eigenvalue weighted by molar-refractivity contribution is -0.127. The first-order valence-electron chi connectivity index (χ1n) is 9.79. The molecule has 27 heavy (non-hydrogen) atoms. The normalized spacial score (nSPS) is 17.7. The monoisotopic (exact) mass is 373 g/mol. The molecular weight excluding hydrogens is 342 g/mol. The Morgan fingerprint density at radius 2 is 2.00 bits per heavy atom. The molecule has 1 N–H and O–H groups in total. The lowest BCUT2D eigenvalue weighted by Gasteiger charge is -2.27.